The second-order valence-electron chi connectivity index (χ2n) is 7.22. The lowest BCUT2D eigenvalue weighted by atomic mass is 9.86. The third-order valence-electron chi connectivity index (χ3n) is 5.60. The van der Waals surface area contributed by atoms with Gasteiger partial charge in [0.1, 0.15) is 4.21 Å². The van der Waals surface area contributed by atoms with E-state index in [0.717, 1.165) is 12.8 Å². The molecule has 4 heterocycles. The average molecular weight is 443 g/mol. The molecule has 0 aromatic carbocycles. The van der Waals surface area contributed by atoms with Crippen molar-refractivity contribution < 1.29 is 17.9 Å². The van der Waals surface area contributed by atoms with E-state index in [4.69, 9.17) is 9.47 Å². The van der Waals surface area contributed by atoms with Crippen LogP contribution in [0.5, 0.6) is 0 Å². The first-order chi connectivity index (χ1) is 14.1. The van der Waals surface area contributed by atoms with Crippen molar-refractivity contribution in [1.82, 2.24) is 29.4 Å². The number of piperidine rings is 1. The maximum Gasteiger partial charge on any atom is 0.252 e. The monoisotopic (exact) mass is 442 g/mol. The first kappa shape index (κ1) is 20.8. The Morgan fingerprint density at radius 2 is 2.14 bits per heavy atom. The number of methoxy groups -OCH3 is 1. The van der Waals surface area contributed by atoms with Gasteiger partial charge >= 0.3 is 0 Å². The molecule has 2 aromatic heterocycles. The molecule has 12 heteroatoms. The van der Waals surface area contributed by atoms with Crippen LogP contribution in [0.3, 0.4) is 0 Å². The van der Waals surface area contributed by atoms with Gasteiger partial charge in [-0.3, -0.25) is 4.90 Å². The fourth-order valence-electron chi connectivity index (χ4n) is 4.18. The van der Waals surface area contributed by atoms with Crippen molar-refractivity contribution in [1.29, 1.82) is 0 Å². The lowest BCUT2D eigenvalue weighted by Crippen LogP contribution is -2.61. The molecule has 0 radical (unpaired) electrons. The predicted octanol–water partition coefficient (Wildman–Crippen LogP) is 0.393. The topological polar surface area (TPSA) is 103 Å². The van der Waals surface area contributed by atoms with Gasteiger partial charge in [0.2, 0.25) is 0 Å². The fraction of sp³-hybridized carbons (Fsp3) is 0.706. The van der Waals surface area contributed by atoms with E-state index in [1.165, 1.54) is 11.3 Å². The number of ether oxygens (including phenoxy) is 2. The second kappa shape index (κ2) is 8.74. The minimum Gasteiger partial charge on any atom is -0.383 e. The van der Waals surface area contributed by atoms with Crippen LogP contribution >= 0.6 is 11.3 Å². The highest BCUT2D eigenvalue weighted by atomic mass is 32.2. The SMILES string of the molecule is COCCn1nnnc1C1(N2CCOCC2)CCCN(S(=O)(=O)c2cccs2)C1. The molecule has 4 rings (SSSR count). The largest absolute Gasteiger partial charge is 0.383 e. The molecular formula is C17H26N6O4S2. The Bertz CT molecular complexity index is 897. The number of aromatic nitrogens is 4. The zero-order chi connectivity index (χ0) is 20.3. The van der Waals surface area contributed by atoms with Gasteiger partial charge in [0.05, 0.1) is 31.9 Å². The van der Waals surface area contributed by atoms with E-state index < -0.39 is 15.6 Å². The summed E-state index contributed by atoms with van der Waals surface area (Å²) in [6.07, 6.45) is 1.52. The fourth-order valence-corrected chi connectivity index (χ4v) is 6.86. The van der Waals surface area contributed by atoms with Crippen LogP contribution < -0.4 is 0 Å². The van der Waals surface area contributed by atoms with Crippen molar-refractivity contribution in [2.45, 2.75) is 29.1 Å². The summed E-state index contributed by atoms with van der Waals surface area (Å²) < 4.78 is 41.0. The van der Waals surface area contributed by atoms with E-state index in [9.17, 15) is 8.42 Å². The van der Waals surface area contributed by atoms with Crippen LogP contribution in [0.2, 0.25) is 0 Å². The first-order valence-electron chi connectivity index (χ1n) is 9.70. The normalized spacial score (nSPS) is 24.7. The molecule has 2 aliphatic heterocycles. The molecule has 0 bridgehead atoms. The minimum absolute atomic E-state index is 0.320. The highest BCUT2D eigenvalue weighted by Gasteiger charge is 2.49. The summed E-state index contributed by atoms with van der Waals surface area (Å²) in [6, 6.07) is 3.43. The molecule has 1 atom stereocenters. The van der Waals surface area contributed by atoms with Gasteiger partial charge in [0.25, 0.3) is 10.0 Å². The van der Waals surface area contributed by atoms with Crippen molar-refractivity contribution in [3.8, 4) is 0 Å². The van der Waals surface area contributed by atoms with Crippen molar-refractivity contribution in [2.24, 2.45) is 0 Å². The van der Waals surface area contributed by atoms with Gasteiger partial charge in [-0.15, -0.1) is 16.4 Å². The van der Waals surface area contributed by atoms with Crippen LogP contribution in [0, 0.1) is 0 Å². The van der Waals surface area contributed by atoms with Crippen LogP contribution in [0.15, 0.2) is 21.7 Å². The summed E-state index contributed by atoms with van der Waals surface area (Å²) in [5.41, 5.74) is -0.594. The molecule has 160 valence electrons. The van der Waals surface area contributed by atoms with Crippen molar-refractivity contribution in [2.75, 3.05) is 53.1 Å². The zero-order valence-corrected chi connectivity index (χ0v) is 18.1. The highest BCUT2D eigenvalue weighted by Crippen LogP contribution is 2.39. The van der Waals surface area contributed by atoms with E-state index in [-0.39, 0.29) is 0 Å². The van der Waals surface area contributed by atoms with Gasteiger partial charge in [0.15, 0.2) is 5.82 Å². The van der Waals surface area contributed by atoms with E-state index in [2.05, 4.69) is 20.4 Å². The number of nitrogens with zero attached hydrogens (tertiary/aromatic N) is 6. The number of sulfonamides is 1. The van der Waals surface area contributed by atoms with Gasteiger partial charge in [-0.05, 0) is 34.7 Å². The highest BCUT2D eigenvalue weighted by molar-refractivity contribution is 7.91. The quantitative estimate of drug-likeness (QED) is 0.607. The van der Waals surface area contributed by atoms with Crippen molar-refractivity contribution in [3.63, 3.8) is 0 Å². The molecule has 0 N–H and O–H groups in total. The molecule has 2 aliphatic rings. The Labute approximate surface area is 174 Å². The molecule has 0 saturated carbocycles. The molecule has 2 aromatic rings. The smallest absolute Gasteiger partial charge is 0.252 e. The number of rotatable bonds is 7. The molecule has 0 aliphatic carbocycles. The predicted molar refractivity (Wildman–Crippen MR) is 106 cm³/mol. The Kier molecular flexibility index (Phi) is 6.27. The van der Waals surface area contributed by atoms with Crippen LogP contribution in [0.1, 0.15) is 18.7 Å². The first-order valence-corrected chi connectivity index (χ1v) is 12.0. The number of thiophene rings is 1. The van der Waals surface area contributed by atoms with Gasteiger partial charge in [-0.1, -0.05) is 6.07 Å². The van der Waals surface area contributed by atoms with Gasteiger partial charge < -0.3 is 9.47 Å². The van der Waals surface area contributed by atoms with Crippen LogP contribution in [0.25, 0.3) is 0 Å². The van der Waals surface area contributed by atoms with Crippen LogP contribution in [-0.4, -0.2) is 90.9 Å². The maximum atomic E-state index is 13.3. The number of hydrogen-bond donors (Lipinski definition) is 0. The zero-order valence-electron chi connectivity index (χ0n) is 16.4. The summed E-state index contributed by atoms with van der Waals surface area (Å²) in [4.78, 5) is 2.29. The molecule has 2 fully saturated rings. The molecule has 0 spiro atoms. The Balaban J connectivity index is 1.72. The average Bonchev–Trinajstić information content (AvgIpc) is 3.45. The van der Waals surface area contributed by atoms with Crippen molar-refractivity contribution in [3.05, 3.63) is 23.3 Å². The number of morpholine rings is 1. The van der Waals surface area contributed by atoms with E-state index in [1.807, 2.05) is 0 Å². The Morgan fingerprint density at radius 3 is 2.86 bits per heavy atom. The summed E-state index contributed by atoms with van der Waals surface area (Å²) in [5.74, 6) is 0.697. The standard InChI is InChI=1S/C17H26N6O4S2/c1-26-10-9-23-16(18-19-20-23)17(21-7-11-27-12-8-21)5-3-6-22(14-17)29(24,25)15-4-2-13-28-15/h2,4,13H,3,5-12,14H2,1H3. The summed E-state index contributed by atoms with van der Waals surface area (Å²) in [5, 5.41) is 14.2. The van der Waals surface area contributed by atoms with Gasteiger partial charge in [-0.25, -0.2) is 13.1 Å². The lowest BCUT2D eigenvalue weighted by molar-refractivity contribution is -0.0508. The Hall–Kier alpha value is -1.44. The molecular weight excluding hydrogens is 416 g/mol. The second-order valence-corrected chi connectivity index (χ2v) is 10.3. The molecule has 10 nitrogen and oxygen atoms in total. The number of tetrazole rings is 1. The van der Waals surface area contributed by atoms with Gasteiger partial charge in [-0.2, -0.15) is 4.31 Å². The van der Waals surface area contributed by atoms with Crippen LogP contribution in [0.4, 0.5) is 0 Å². The van der Waals surface area contributed by atoms with Crippen LogP contribution in [-0.2, 0) is 31.6 Å². The lowest BCUT2D eigenvalue weighted by Gasteiger charge is -2.49. The summed E-state index contributed by atoms with van der Waals surface area (Å²) >= 11 is 1.25. The Morgan fingerprint density at radius 1 is 1.31 bits per heavy atom. The summed E-state index contributed by atoms with van der Waals surface area (Å²) in [7, 11) is -1.92. The molecule has 0 amide bonds. The minimum atomic E-state index is -3.56. The maximum absolute atomic E-state index is 13.3. The van der Waals surface area contributed by atoms with E-state index >= 15 is 0 Å². The molecule has 1 unspecified atom stereocenters. The molecule has 29 heavy (non-hydrogen) atoms. The van der Waals surface area contributed by atoms with E-state index in [1.54, 1.807) is 33.6 Å². The van der Waals surface area contributed by atoms with Gasteiger partial charge in [0, 0.05) is 33.3 Å². The third-order valence-corrected chi connectivity index (χ3v) is 8.81. The van der Waals surface area contributed by atoms with E-state index in [0.29, 0.717) is 62.6 Å². The van der Waals surface area contributed by atoms with Crippen molar-refractivity contribution >= 4 is 21.4 Å². The summed E-state index contributed by atoms with van der Waals surface area (Å²) in [6.45, 7) is 4.45. The molecule has 2 saturated heterocycles. The number of hydrogen-bond acceptors (Lipinski definition) is 9. The third kappa shape index (κ3) is 3.97.